The van der Waals surface area contributed by atoms with Crippen molar-refractivity contribution in [3.05, 3.63) is 12.2 Å². The molecule has 1 aromatic rings. The fourth-order valence-electron chi connectivity index (χ4n) is 1.89. The molecule has 1 atom stereocenters. The molecule has 0 aromatic carbocycles. The van der Waals surface area contributed by atoms with Crippen LogP contribution in [-0.2, 0) is 11.3 Å². The van der Waals surface area contributed by atoms with Gasteiger partial charge in [0.1, 0.15) is 12.9 Å². The first-order valence-electron chi connectivity index (χ1n) is 6.17. The number of hydrogen-bond donors (Lipinski definition) is 1. The van der Waals surface area contributed by atoms with Gasteiger partial charge in [-0.2, -0.15) is 5.10 Å². The molecule has 7 heteroatoms. The first-order valence-corrected chi connectivity index (χ1v) is 6.17. The number of carbonyl (C=O) groups excluding carboxylic acids is 1. The van der Waals surface area contributed by atoms with Crippen LogP contribution in [0.5, 0.6) is 0 Å². The summed E-state index contributed by atoms with van der Waals surface area (Å²) in [6.07, 6.45) is 1.56. The quantitative estimate of drug-likeness (QED) is 0.752. The second kappa shape index (κ2) is 5.45. The standard InChI is InChI=1S/C11H20N6O/c1-9(12)11-13-8-17(14-11)7-10(18)16-5-3-15(2)4-6-16/h8-9H,3-7,12H2,1-2H3. The molecule has 0 saturated carbocycles. The molecule has 0 spiro atoms. The average Bonchev–Trinajstić information content (AvgIpc) is 2.78. The molecular weight excluding hydrogens is 232 g/mol. The third-order valence-electron chi connectivity index (χ3n) is 3.11. The maximum absolute atomic E-state index is 12.0. The maximum Gasteiger partial charge on any atom is 0.244 e. The number of rotatable bonds is 3. The fraction of sp³-hybridized carbons (Fsp3) is 0.727. The summed E-state index contributed by atoms with van der Waals surface area (Å²) < 4.78 is 1.55. The van der Waals surface area contributed by atoms with Crippen molar-refractivity contribution in [3.8, 4) is 0 Å². The number of likely N-dealkylation sites (N-methyl/N-ethyl adjacent to an activating group) is 1. The Bertz CT molecular complexity index is 407. The molecule has 1 unspecified atom stereocenters. The van der Waals surface area contributed by atoms with Gasteiger partial charge in [0, 0.05) is 26.2 Å². The Morgan fingerprint density at radius 2 is 2.11 bits per heavy atom. The van der Waals surface area contributed by atoms with Crippen LogP contribution in [0.2, 0.25) is 0 Å². The van der Waals surface area contributed by atoms with E-state index < -0.39 is 0 Å². The van der Waals surface area contributed by atoms with Gasteiger partial charge in [-0.15, -0.1) is 0 Å². The normalized spacial score (nSPS) is 18.9. The second-order valence-corrected chi connectivity index (χ2v) is 4.77. The van der Waals surface area contributed by atoms with Crippen LogP contribution in [0.25, 0.3) is 0 Å². The van der Waals surface area contributed by atoms with Crippen LogP contribution in [0.3, 0.4) is 0 Å². The number of carbonyl (C=O) groups is 1. The molecule has 0 bridgehead atoms. The van der Waals surface area contributed by atoms with E-state index in [9.17, 15) is 4.79 Å². The van der Waals surface area contributed by atoms with Crippen LogP contribution < -0.4 is 5.73 Å². The van der Waals surface area contributed by atoms with Crippen molar-refractivity contribution in [1.82, 2.24) is 24.6 Å². The van der Waals surface area contributed by atoms with Crippen molar-refractivity contribution in [3.63, 3.8) is 0 Å². The molecule has 2 heterocycles. The third-order valence-corrected chi connectivity index (χ3v) is 3.11. The molecule has 1 saturated heterocycles. The van der Waals surface area contributed by atoms with E-state index in [1.165, 1.54) is 0 Å². The highest BCUT2D eigenvalue weighted by molar-refractivity contribution is 5.76. The summed E-state index contributed by atoms with van der Waals surface area (Å²) in [5.74, 6) is 0.658. The summed E-state index contributed by atoms with van der Waals surface area (Å²) in [5.41, 5.74) is 5.68. The van der Waals surface area contributed by atoms with Gasteiger partial charge < -0.3 is 15.5 Å². The van der Waals surface area contributed by atoms with Crippen molar-refractivity contribution >= 4 is 5.91 Å². The molecule has 1 fully saturated rings. The molecular formula is C11H20N6O. The lowest BCUT2D eigenvalue weighted by Crippen LogP contribution is -2.48. The van der Waals surface area contributed by atoms with Gasteiger partial charge in [-0.3, -0.25) is 4.79 Å². The molecule has 100 valence electrons. The molecule has 0 radical (unpaired) electrons. The SMILES string of the molecule is CC(N)c1ncn(CC(=O)N2CCN(C)CC2)n1. The summed E-state index contributed by atoms with van der Waals surface area (Å²) in [5, 5.41) is 4.18. The van der Waals surface area contributed by atoms with E-state index >= 15 is 0 Å². The van der Waals surface area contributed by atoms with E-state index in [2.05, 4.69) is 22.0 Å². The number of hydrogen-bond acceptors (Lipinski definition) is 5. The van der Waals surface area contributed by atoms with Gasteiger partial charge in [0.25, 0.3) is 0 Å². The van der Waals surface area contributed by atoms with Crippen LogP contribution in [0.15, 0.2) is 6.33 Å². The van der Waals surface area contributed by atoms with Crippen molar-refractivity contribution in [2.24, 2.45) is 5.73 Å². The molecule has 1 aromatic heterocycles. The number of amides is 1. The van der Waals surface area contributed by atoms with Crippen LogP contribution in [0, 0.1) is 0 Å². The smallest absolute Gasteiger partial charge is 0.244 e. The van der Waals surface area contributed by atoms with E-state index in [0.717, 1.165) is 26.2 Å². The average molecular weight is 252 g/mol. The summed E-state index contributed by atoms with van der Waals surface area (Å²) in [4.78, 5) is 20.2. The van der Waals surface area contributed by atoms with Crippen LogP contribution >= 0.6 is 0 Å². The number of nitrogens with two attached hydrogens (primary N) is 1. The maximum atomic E-state index is 12.0. The fourth-order valence-corrected chi connectivity index (χ4v) is 1.89. The van der Waals surface area contributed by atoms with Gasteiger partial charge in [0.15, 0.2) is 5.82 Å². The van der Waals surface area contributed by atoms with Gasteiger partial charge in [-0.05, 0) is 14.0 Å². The van der Waals surface area contributed by atoms with E-state index in [4.69, 9.17) is 5.73 Å². The van der Waals surface area contributed by atoms with Gasteiger partial charge in [-0.25, -0.2) is 9.67 Å². The van der Waals surface area contributed by atoms with Crippen LogP contribution in [0.4, 0.5) is 0 Å². The van der Waals surface area contributed by atoms with Crippen molar-refractivity contribution in [2.45, 2.75) is 19.5 Å². The van der Waals surface area contributed by atoms with E-state index in [1.807, 2.05) is 11.8 Å². The predicted octanol–water partition coefficient (Wildman–Crippen LogP) is -0.928. The lowest BCUT2D eigenvalue weighted by molar-refractivity contribution is -0.133. The molecule has 1 aliphatic rings. The monoisotopic (exact) mass is 252 g/mol. The van der Waals surface area contributed by atoms with Crippen molar-refractivity contribution < 1.29 is 4.79 Å². The molecule has 0 aliphatic carbocycles. The lowest BCUT2D eigenvalue weighted by Gasteiger charge is -2.32. The number of piperazine rings is 1. The minimum Gasteiger partial charge on any atom is -0.339 e. The topological polar surface area (TPSA) is 80.3 Å². The van der Waals surface area contributed by atoms with E-state index in [0.29, 0.717) is 5.82 Å². The Kier molecular flexibility index (Phi) is 3.93. The molecule has 18 heavy (non-hydrogen) atoms. The van der Waals surface area contributed by atoms with Gasteiger partial charge in [0.2, 0.25) is 5.91 Å². The number of aromatic nitrogens is 3. The summed E-state index contributed by atoms with van der Waals surface area (Å²) in [6, 6.07) is -0.204. The Morgan fingerprint density at radius 1 is 1.44 bits per heavy atom. The van der Waals surface area contributed by atoms with Gasteiger partial charge in [-0.1, -0.05) is 0 Å². The third kappa shape index (κ3) is 3.05. The van der Waals surface area contributed by atoms with E-state index in [1.54, 1.807) is 11.0 Å². The Balaban J connectivity index is 1.90. The van der Waals surface area contributed by atoms with Gasteiger partial charge >= 0.3 is 0 Å². The van der Waals surface area contributed by atoms with E-state index in [-0.39, 0.29) is 18.5 Å². The molecule has 2 N–H and O–H groups in total. The molecule has 7 nitrogen and oxygen atoms in total. The van der Waals surface area contributed by atoms with Crippen molar-refractivity contribution in [1.29, 1.82) is 0 Å². The summed E-state index contributed by atoms with van der Waals surface area (Å²) in [7, 11) is 2.06. The molecule has 1 amide bonds. The van der Waals surface area contributed by atoms with Crippen LogP contribution in [-0.4, -0.2) is 63.7 Å². The van der Waals surface area contributed by atoms with Gasteiger partial charge in [0.05, 0.1) is 6.04 Å². The summed E-state index contributed by atoms with van der Waals surface area (Å²) >= 11 is 0. The minimum atomic E-state index is -0.204. The highest BCUT2D eigenvalue weighted by Crippen LogP contribution is 2.03. The van der Waals surface area contributed by atoms with Crippen molar-refractivity contribution in [2.75, 3.05) is 33.2 Å². The zero-order valence-electron chi connectivity index (χ0n) is 10.9. The van der Waals surface area contributed by atoms with Crippen LogP contribution in [0.1, 0.15) is 18.8 Å². The highest BCUT2D eigenvalue weighted by Gasteiger charge is 2.19. The highest BCUT2D eigenvalue weighted by atomic mass is 16.2. The summed E-state index contributed by atoms with van der Waals surface area (Å²) in [6.45, 7) is 5.47. The zero-order chi connectivity index (χ0) is 13.1. The number of nitrogens with zero attached hydrogens (tertiary/aromatic N) is 5. The minimum absolute atomic E-state index is 0.0872. The predicted molar refractivity (Wildman–Crippen MR) is 66.7 cm³/mol. The Morgan fingerprint density at radius 3 is 2.67 bits per heavy atom. The second-order valence-electron chi connectivity index (χ2n) is 4.77. The Labute approximate surface area is 107 Å². The lowest BCUT2D eigenvalue weighted by atomic mass is 10.3. The molecule has 2 rings (SSSR count). The first-order chi connectivity index (χ1) is 8.56. The largest absolute Gasteiger partial charge is 0.339 e. The Hall–Kier alpha value is -1.47. The molecule has 1 aliphatic heterocycles. The zero-order valence-corrected chi connectivity index (χ0v) is 10.9. The first kappa shape index (κ1) is 13.0.